The molecule has 2 fully saturated rings. The molecular formula is C25H29FN6O2. The Balaban J connectivity index is 1.35. The number of nitrogens with zero attached hydrogens (tertiary/aromatic N) is 5. The first-order chi connectivity index (χ1) is 16.2. The van der Waals surface area contributed by atoms with Gasteiger partial charge < -0.3 is 20.1 Å². The van der Waals surface area contributed by atoms with Crippen LogP contribution in [0.15, 0.2) is 36.7 Å². The largest absolute Gasteiger partial charge is 0.507 e. The van der Waals surface area contributed by atoms with Gasteiger partial charge in [-0.1, -0.05) is 6.07 Å². The lowest BCUT2D eigenvalue weighted by Gasteiger charge is -2.45. The van der Waals surface area contributed by atoms with E-state index in [1.54, 1.807) is 18.3 Å². The van der Waals surface area contributed by atoms with Gasteiger partial charge in [0.25, 0.3) is 0 Å². The highest BCUT2D eigenvalue weighted by molar-refractivity contribution is 5.72. The number of fused-ring (bicyclic) bond motifs is 2. The number of anilines is 1. The Morgan fingerprint density at radius 3 is 2.38 bits per heavy atom. The van der Waals surface area contributed by atoms with Crippen molar-refractivity contribution in [2.75, 3.05) is 19.1 Å². The van der Waals surface area contributed by atoms with E-state index < -0.39 is 5.82 Å². The molecule has 0 aliphatic carbocycles. The number of halogens is 1. The SMILES string of the molecule is COc1ncc(-c2ccc(-c3ncc(N(C)C4C[C@]5(C)CC[C@](C)(C4)N5)nn3)c(O)c2)cc1F. The minimum atomic E-state index is -0.569. The maximum absolute atomic E-state index is 14.0. The normalized spacial score (nSPS) is 25.9. The van der Waals surface area contributed by atoms with Crippen molar-refractivity contribution in [3.63, 3.8) is 0 Å². The Bertz CT molecular complexity index is 1200. The summed E-state index contributed by atoms with van der Waals surface area (Å²) >= 11 is 0. The molecular weight excluding hydrogens is 435 g/mol. The average molecular weight is 465 g/mol. The summed E-state index contributed by atoms with van der Waals surface area (Å²) in [6.45, 7) is 4.60. The molecule has 2 aliphatic heterocycles. The zero-order chi connectivity index (χ0) is 24.1. The molecule has 8 nitrogen and oxygen atoms in total. The second-order valence-electron chi connectivity index (χ2n) is 10.0. The number of pyridine rings is 1. The van der Waals surface area contributed by atoms with Crippen LogP contribution in [0.3, 0.4) is 0 Å². The third kappa shape index (κ3) is 4.04. The summed E-state index contributed by atoms with van der Waals surface area (Å²) in [5.74, 6) is 0.366. The predicted octanol–water partition coefficient (Wildman–Crippen LogP) is 3.95. The van der Waals surface area contributed by atoms with Crippen LogP contribution >= 0.6 is 0 Å². The van der Waals surface area contributed by atoms with Crippen molar-refractivity contribution >= 4 is 5.82 Å². The predicted molar refractivity (Wildman–Crippen MR) is 127 cm³/mol. The number of aromatic nitrogens is 4. The molecule has 0 saturated carbocycles. The number of benzene rings is 1. The van der Waals surface area contributed by atoms with Gasteiger partial charge in [-0.15, -0.1) is 10.2 Å². The number of hydrogen-bond acceptors (Lipinski definition) is 8. The van der Waals surface area contributed by atoms with Crippen LogP contribution in [0.4, 0.5) is 10.2 Å². The summed E-state index contributed by atoms with van der Waals surface area (Å²) in [6.07, 6.45) is 7.66. The Hall–Kier alpha value is -3.33. The molecule has 0 amide bonds. The number of phenolic OH excluding ortho intramolecular Hbond substituents is 1. The van der Waals surface area contributed by atoms with E-state index in [0.29, 0.717) is 34.4 Å². The first-order valence-electron chi connectivity index (χ1n) is 11.4. The first kappa shape index (κ1) is 22.5. The quantitative estimate of drug-likeness (QED) is 0.586. The molecule has 1 unspecified atom stereocenters. The zero-order valence-corrected chi connectivity index (χ0v) is 19.8. The molecule has 3 aromatic rings. The minimum absolute atomic E-state index is 0.0209. The fraction of sp³-hybridized carbons (Fsp3) is 0.440. The molecule has 0 radical (unpaired) electrons. The van der Waals surface area contributed by atoms with E-state index in [1.807, 2.05) is 7.05 Å². The molecule has 34 heavy (non-hydrogen) atoms. The van der Waals surface area contributed by atoms with E-state index in [-0.39, 0.29) is 22.7 Å². The standard InChI is InChI=1S/C25H29FN6O2/c1-24-7-8-25(2,31-24)12-17(11-24)32(3)21-14-27-22(30-29-21)18-6-5-15(10-20(18)33)16-9-19(26)23(34-4)28-13-16/h5-6,9-10,13-14,17,31,33H,7-8,11-12H2,1-4H3/t17?,24-,25+. The van der Waals surface area contributed by atoms with Crippen molar-refractivity contribution in [2.24, 2.45) is 0 Å². The molecule has 4 heterocycles. The van der Waals surface area contributed by atoms with E-state index in [9.17, 15) is 9.50 Å². The van der Waals surface area contributed by atoms with Crippen molar-refractivity contribution < 1.29 is 14.2 Å². The molecule has 2 N–H and O–H groups in total. The lowest BCUT2D eigenvalue weighted by molar-refractivity contribution is 0.207. The number of hydrogen-bond donors (Lipinski definition) is 2. The lowest BCUT2D eigenvalue weighted by Crippen LogP contribution is -2.58. The molecule has 5 rings (SSSR count). The van der Waals surface area contributed by atoms with Crippen LogP contribution in [0, 0.1) is 5.82 Å². The molecule has 2 bridgehead atoms. The summed E-state index contributed by atoms with van der Waals surface area (Å²) in [7, 11) is 3.40. The van der Waals surface area contributed by atoms with Crippen molar-refractivity contribution in [1.29, 1.82) is 0 Å². The summed E-state index contributed by atoms with van der Waals surface area (Å²) in [5, 5.41) is 23.1. The van der Waals surface area contributed by atoms with Gasteiger partial charge in [0.15, 0.2) is 17.5 Å². The Labute approximate surface area is 198 Å². The monoisotopic (exact) mass is 464 g/mol. The second-order valence-corrected chi connectivity index (χ2v) is 10.0. The topological polar surface area (TPSA) is 96.3 Å². The van der Waals surface area contributed by atoms with Crippen molar-refractivity contribution in [3.05, 3.63) is 42.5 Å². The Kier molecular flexibility index (Phi) is 5.39. The van der Waals surface area contributed by atoms with Crippen LogP contribution in [-0.4, -0.2) is 56.5 Å². The van der Waals surface area contributed by atoms with Crippen LogP contribution in [-0.2, 0) is 0 Å². The van der Waals surface area contributed by atoms with Crippen LogP contribution in [0.5, 0.6) is 11.6 Å². The highest BCUT2D eigenvalue weighted by Crippen LogP contribution is 2.43. The Morgan fingerprint density at radius 2 is 1.79 bits per heavy atom. The smallest absolute Gasteiger partial charge is 0.250 e. The number of nitrogens with one attached hydrogen (secondary N) is 1. The van der Waals surface area contributed by atoms with E-state index in [2.05, 4.69) is 44.2 Å². The molecule has 178 valence electrons. The van der Waals surface area contributed by atoms with Gasteiger partial charge in [-0.3, -0.25) is 0 Å². The molecule has 2 aliphatic rings. The molecule has 0 spiro atoms. The van der Waals surface area contributed by atoms with Crippen LogP contribution < -0.4 is 15.0 Å². The van der Waals surface area contributed by atoms with Gasteiger partial charge in [0.05, 0.1) is 18.9 Å². The van der Waals surface area contributed by atoms with Gasteiger partial charge in [-0.25, -0.2) is 14.4 Å². The van der Waals surface area contributed by atoms with Crippen LogP contribution in [0.25, 0.3) is 22.5 Å². The number of piperidine rings is 1. The van der Waals surface area contributed by atoms with Gasteiger partial charge in [-0.05, 0) is 63.3 Å². The summed E-state index contributed by atoms with van der Waals surface area (Å²) in [5.41, 5.74) is 1.90. The number of methoxy groups -OCH3 is 1. The molecule has 2 saturated heterocycles. The maximum atomic E-state index is 14.0. The van der Waals surface area contributed by atoms with Gasteiger partial charge >= 0.3 is 0 Å². The van der Waals surface area contributed by atoms with Gasteiger partial charge in [0.1, 0.15) is 5.75 Å². The van der Waals surface area contributed by atoms with Gasteiger partial charge in [0.2, 0.25) is 5.88 Å². The zero-order valence-electron chi connectivity index (χ0n) is 19.8. The Morgan fingerprint density at radius 1 is 1.06 bits per heavy atom. The summed E-state index contributed by atoms with van der Waals surface area (Å²) < 4.78 is 18.9. The second kappa shape index (κ2) is 8.16. The fourth-order valence-electron chi connectivity index (χ4n) is 5.47. The average Bonchev–Trinajstić information content (AvgIpc) is 3.05. The van der Waals surface area contributed by atoms with E-state index in [1.165, 1.54) is 38.3 Å². The molecule has 2 aromatic heterocycles. The molecule has 3 atom stereocenters. The maximum Gasteiger partial charge on any atom is 0.250 e. The third-order valence-corrected chi connectivity index (χ3v) is 7.24. The summed E-state index contributed by atoms with van der Waals surface area (Å²) in [6, 6.07) is 6.66. The van der Waals surface area contributed by atoms with E-state index in [0.717, 1.165) is 12.8 Å². The number of ether oxygens (including phenoxy) is 1. The third-order valence-electron chi connectivity index (χ3n) is 7.24. The summed E-state index contributed by atoms with van der Waals surface area (Å²) in [4.78, 5) is 10.6. The van der Waals surface area contributed by atoms with Crippen molar-refractivity contribution in [1.82, 2.24) is 25.5 Å². The number of phenols is 1. The molecule has 1 aromatic carbocycles. The van der Waals surface area contributed by atoms with Gasteiger partial charge in [-0.2, -0.15) is 0 Å². The van der Waals surface area contributed by atoms with Crippen LogP contribution in [0.2, 0.25) is 0 Å². The fourth-order valence-corrected chi connectivity index (χ4v) is 5.47. The van der Waals surface area contributed by atoms with Crippen molar-refractivity contribution in [3.8, 4) is 34.1 Å². The van der Waals surface area contributed by atoms with E-state index >= 15 is 0 Å². The lowest BCUT2D eigenvalue weighted by atomic mass is 9.84. The van der Waals surface area contributed by atoms with Gasteiger partial charge in [0, 0.05) is 35.9 Å². The molecule has 9 heteroatoms. The van der Waals surface area contributed by atoms with Crippen LogP contribution in [0.1, 0.15) is 39.5 Å². The number of aromatic hydroxyl groups is 1. The highest BCUT2D eigenvalue weighted by atomic mass is 19.1. The first-order valence-corrected chi connectivity index (χ1v) is 11.4. The van der Waals surface area contributed by atoms with Crippen molar-refractivity contribution in [2.45, 2.75) is 56.7 Å². The number of rotatable bonds is 5. The minimum Gasteiger partial charge on any atom is -0.507 e. The highest BCUT2D eigenvalue weighted by Gasteiger charge is 2.49. The van der Waals surface area contributed by atoms with E-state index in [4.69, 9.17) is 4.74 Å².